The summed E-state index contributed by atoms with van der Waals surface area (Å²) in [6.07, 6.45) is 0. The van der Waals surface area contributed by atoms with Gasteiger partial charge in [0.25, 0.3) is 0 Å². The summed E-state index contributed by atoms with van der Waals surface area (Å²) in [5, 5.41) is 3.43. The number of hydrogen-bond acceptors (Lipinski definition) is 5. The Kier molecular flexibility index (Phi) is 5.28. The van der Waals surface area contributed by atoms with E-state index in [1.54, 1.807) is 6.92 Å². The Hall–Kier alpha value is -1.76. The zero-order chi connectivity index (χ0) is 16.3. The van der Waals surface area contributed by atoms with Crippen LogP contribution in [0.1, 0.15) is 49.2 Å². The highest BCUT2D eigenvalue weighted by atomic mass is 32.2. The number of halogens is 1. The van der Waals surface area contributed by atoms with Crippen LogP contribution in [-0.2, 0) is 16.6 Å². The molecule has 120 valence electrons. The predicted molar refractivity (Wildman–Crippen MR) is 81.6 cm³/mol. The van der Waals surface area contributed by atoms with Crippen LogP contribution in [0.2, 0.25) is 0 Å². The molecule has 0 aliphatic carbocycles. The molecule has 0 spiro atoms. The Morgan fingerprint density at radius 3 is 2.68 bits per heavy atom. The summed E-state index contributed by atoms with van der Waals surface area (Å²) in [4.78, 5) is 4.26. The number of rotatable bonds is 6. The maximum Gasteiger partial charge on any atom is 0.242 e. The molecule has 0 N–H and O–H groups in total. The molecule has 0 aliphatic rings. The first kappa shape index (κ1) is 16.6. The molecule has 1 aromatic heterocycles. The number of aromatic nitrogens is 2. The van der Waals surface area contributed by atoms with Gasteiger partial charge in [-0.2, -0.15) is 4.98 Å². The van der Waals surface area contributed by atoms with E-state index in [1.165, 1.54) is 25.3 Å². The summed E-state index contributed by atoms with van der Waals surface area (Å²) in [5.74, 6) is 1.33. The molecule has 7 heteroatoms. The van der Waals surface area contributed by atoms with Crippen molar-refractivity contribution in [1.82, 2.24) is 10.1 Å². The molecular formula is C15H19FN2O3S. The van der Waals surface area contributed by atoms with Crippen LogP contribution in [0.25, 0.3) is 0 Å². The molecule has 0 unspecified atom stereocenters. The van der Waals surface area contributed by atoms with Crippen molar-refractivity contribution in [1.29, 1.82) is 0 Å². The van der Waals surface area contributed by atoms with Gasteiger partial charge in [0.15, 0.2) is 5.82 Å². The van der Waals surface area contributed by atoms with E-state index in [-0.39, 0.29) is 17.5 Å². The molecule has 5 nitrogen and oxygen atoms in total. The van der Waals surface area contributed by atoms with Crippen molar-refractivity contribution in [3.8, 4) is 5.75 Å². The maximum absolute atomic E-state index is 13.4. The molecule has 2 aromatic rings. The first-order valence-electron chi connectivity index (χ1n) is 6.95. The van der Waals surface area contributed by atoms with Crippen molar-refractivity contribution >= 4 is 10.8 Å². The first-order chi connectivity index (χ1) is 10.4. The number of nitrogens with zero attached hydrogens (tertiary/aromatic N) is 2. The second-order valence-corrected chi connectivity index (χ2v) is 7.03. The van der Waals surface area contributed by atoms with E-state index in [4.69, 9.17) is 9.26 Å². The Bertz CT molecular complexity index is 673. The smallest absolute Gasteiger partial charge is 0.242 e. The lowest BCUT2D eigenvalue weighted by atomic mass is 10.2. The van der Waals surface area contributed by atoms with Crippen LogP contribution < -0.4 is 4.74 Å². The van der Waals surface area contributed by atoms with Crippen LogP contribution in [0.3, 0.4) is 0 Å². The van der Waals surface area contributed by atoms with Gasteiger partial charge in [-0.05, 0) is 25.1 Å². The fourth-order valence-corrected chi connectivity index (χ4v) is 3.00. The quantitative estimate of drug-likeness (QED) is 0.814. The molecule has 0 fully saturated rings. The fraction of sp³-hybridized carbons (Fsp3) is 0.467. The lowest BCUT2D eigenvalue weighted by Crippen LogP contribution is -2.07. The van der Waals surface area contributed by atoms with Gasteiger partial charge in [0.2, 0.25) is 5.89 Å². The van der Waals surface area contributed by atoms with Crippen LogP contribution in [0, 0.1) is 5.82 Å². The summed E-state index contributed by atoms with van der Waals surface area (Å²) >= 11 is 0. The largest absolute Gasteiger partial charge is 0.496 e. The van der Waals surface area contributed by atoms with Gasteiger partial charge in [0, 0.05) is 22.3 Å². The standard InChI is InChI=1S/C15H19FN2O3S/c1-9(2)14-17-15(21-18-14)10(3)22(19)8-11-7-12(16)5-6-13(11)20-4/h5-7,9-10H,8H2,1-4H3/t10-,22-/m1/s1. The second kappa shape index (κ2) is 7.00. The Morgan fingerprint density at radius 1 is 1.36 bits per heavy atom. The van der Waals surface area contributed by atoms with Gasteiger partial charge in [-0.3, -0.25) is 4.21 Å². The van der Waals surface area contributed by atoms with Gasteiger partial charge in [-0.25, -0.2) is 4.39 Å². The van der Waals surface area contributed by atoms with Crippen molar-refractivity contribution in [2.24, 2.45) is 0 Å². The SMILES string of the molecule is COc1ccc(F)cc1C[S@@](=O)[C@H](C)c1nc(C(C)C)no1. The van der Waals surface area contributed by atoms with Crippen molar-refractivity contribution in [3.05, 3.63) is 41.3 Å². The molecule has 0 radical (unpaired) electrons. The van der Waals surface area contributed by atoms with E-state index in [2.05, 4.69) is 10.1 Å². The van der Waals surface area contributed by atoms with Crippen LogP contribution in [0.5, 0.6) is 5.75 Å². The highest BCUT2D eigenvalue weighted by Gasteiger charge is 2.22. The Balaban J connectivity index is 2.15. The van der Waals surface area contributed by atoms with Crippen LogP contribution in [0.4, 0.5) is 4.39 Å². The molecule has 1 aromatic carbocycles. The molecular weight excluding hydrogens is 307 g/mol. The Labute approximate surface area is 131 Å². The van der Waals surface area contributed by atoms with E-state index in [0.717, 1.165) is 0 Å². The normalized spacial score (nSPS) is 14.1. The first-order valence-corrected chi connectivity index (χ1v) is 8.33. The van der Waals surface area contributed by atoms with E-state index >= 15 is 0 Å². The average Bonchev–Trinajstić information content (AvgIpc) is 2.96. The third-order valence-electron chi connectivity index (χ3n) is 3.26. The number of methoxy groups -OCH3 is 1. The third kappa shape index (κ3) is 3.71. The fourth-order valence-electron chi connectivity index (χ4n) is 1.90. The summed E-state index contributed by atoms with van der Waals surface area (Å²) in [7, 11) is 0.166. The van der Waals surface area contributed by atoms with Crippen molar-refractivity contribution < 1.29 is 17.9 Å². The van der Waals surface area contributed by atoms with Crippen molar-refractivity contribution in [2.75, 3.05) is 7.11 Å². The minimum atomic E-state index is -1.33. The predicted octanol–water partition coefficient (Wildman–Crippen LogP) is 3.35. The third-order valence-corrected chi connectivity index (χ3v) is 4.84. The van der Waals surface area contributed by atoms with Crippen molar-refractivity contribution in [2.45, 2.75) is 37.7 Å². The van der Waals surface area contributed by atoms with Gasteiger partial charge >= 0.3 is 0 Å². The lowest BCUT2D eigenvalue weighted by molar-refractivity contribution is 0.371. The number of ether oxygens (including phenoxy) is 1. The van der Waals surface area contributed by atoms with Crippen molar-refractivity contribution in [3.63, 3.8) is 0 Å². The van der Waals surface area contributed by atoms with Gasteiger partial charge < -0.3 is 9.26 Å². The van der Waals surface area contributed by atoms with Gasteiger partial charge in [0.1, 0.15) is 16.8 Å². The lowest BCUT2D eigenvalue weighted by Gasteiger charge is -2.10. The zero-order valence-corrected chi connectivity index (χ0v) is 13.8. The monoisotopic (exact) mass is 326 g/mol. The highest BCUT2D eigenvalue weighted by Crippen LogP contribution is 2.26. The van der Waals surface area contributed by atoms with E-state index in [1.807, 2.05) is 13.8 Å². The summed E-state index contributed by atoms with van der Waals surface area (Å²) in [6, 6.07) is 4.16. The molecule has 1 heterocycles. The molecule has 0 aliphatic heterocycles. The topological polar surface area (TPSA) is 65.2 Å². The summed E-state index contributed by atoms with van der Waals surface area (Å²) < 4.78 is 36.2. The van der Waals surface area contributed by atoms with Gasteiger partial charge in [-0.1, -0.05) is 19.0 Å². The molecule has 0 saturated carbocycles. The molecule has 0 bridgehead atoms. The minimum absolute atomic E-state index is 0.140. The average molecular weight is 326 g/mol. The summed E-state index contributed by atoms with van der Waals surface area (Å²) in [6.45, 7) is 5.65. The van der Waals surface area contributed by atoms with E-state index in [9.17, 15) is 8.60 Å². The second-order valence-electron chi connectivity index (χ2n) is 5.27. The molecule has 0 saturated heterocycles. The number of hydrogen-bond donors (Lipinski definition) is 0. The van der Waals surface area contributed by atoms with E-state index < -0.39 is 16.0 Å². The van der Waals surface area contributed by atoms with Gasteiger partial charge in [0.05, 0.1) is 12.9 Å². The molecule has 2 rings (SSSR count). The molecule has 0 amide bonds. The minimum Gasteiger partial charge on any atom is -0.496 e. The number of benzene rings is 1. The molecule has 2 atom stereocenters. The molecule has 22 heavy (non-hydrogen) atoms. The van der Waals surface area contributed by atoms with Crippen LogP contribution in [-0.4, -0.2) is 21.5 Å². The Morgan fingerprint density at radius 2 is 2.09 bits per heavy atom. The highest BCUT2D eigenvalue weighted by molar-refractivity contribution is 7.84. The van der Waals surface area contributed by atoms with Crippen LogP contribution >= 0.6 is 0 Å². The van der Waals surface area contributed by atoms with Gasteiger partial charge in [-0.15, -0.1) is 0 Å². The maximum atomic E-state index is 13.4. The van der Waals surface area contributed by atoms with Crippen LogP contribution in [0.15, 0.2) is 22.7 Å². The summed E-state index contributed by atoms with van der Waals surface area (Å²) in [5.41, 5.74) is 0.552. The zero-order valence-electron chi connectivity index (χ0n) is 13.0. The van der Waals surface area contributed by atoms with E-state index in [0.29, 0.717) is 23.0 Å².